The van der Waals surface area contributed by atoms with Crippen LogP contribution in [0.4, 0.5) is 0 Å². The van der Waals surface area contributed by atoms with E-state index < -0.39 is 5.97 Å². The van der Waals surface area contributed by atoms with E-state index in [9.17, 15) is 9.59 Å². The van der Waals surface area contributed by atoms with Gasteiger partial charge in [0.1, 0.15) is 4.88 Å². The van der Waals surface area contributed by atoms with Crippen molar-refractivity contribution in [3.8, 4) is 0 Å². The predicted molar refractivity (Wildman–Crippen MR) is 75.9 cm³/mol. The molecule has 0 unspecified atom stereocenters. The lowest BCUT2D eigenvalue weighted by Crippen LogP contribution is -2.30. The lowest BCUT2D eigenvalue weighted by molar-refractivity contribution is 0.0701. The quantitative estimate of drug-likeness (QED) is 0.918. The number of aromatic nitrogens is 1. The Bertz CT molecular complexity index is 610. The molecule has 2 heterocycles. The van der Waals surface area contributed by atoms with Crippen molar-refractivity contribution in [1.82, 2.24) is 9.88 Å². The van der Waals surface area contributed by atoms with Gasteiger partial charge in [-0.3, -0.25) is 9.78 Å². The summed E-state index contributed by atoms with van der Waals surface area (Å²) in [6.07, 6.45) is 1.68. The van der Waals surface area contributed by atoms with Crippen LogP contribution in [0.5, 0.6) is 0 Å². The highest BCUT2D eigenvalue weighted by molar-refractivity contribution is 7.15. The number of amides is 1. The van der Waals surface area contributed by atoms with Crippen molar-refractivity contribution in [3.05, 3.63) is 52.0 Å². The highest BCUT2D eigenvalue weighted by Crippen LogP contribution is 2.19. The van der Waals surface area contributed by atoms with Crippen LogP contribution >= 0.6 is 11.3 Å². The van der Waals surface area contributed by atoms with Crippen molar-refractivity contribution < 1.29 is 14.7 Å². The summed E-state index contributed by atoms with van der Waals surface area (Å²) in [5.74, 6) is -1.18. The Kier molecular flexibility index (Phi) is 4.47. The normalized spacial score (nSPS) is 10.2. The minimum Gasteiger partial charge on any atom is -0.477 e. The van der Waals surface area contributed by atoms with Gasteiger partial charge >= 0.3 is 5.97 Å². The molecule has 104 valence electrons. The van der Waals surface area contributed by atoms with Crippen molar-refractivity contribution in [3.63, 3.8) is 0 Å². The van der Waals surface area contributed by atoms with Crippen molar-refractivity contribution in [2.75, 3.05) is 6.54 Å². The van der Waals surface area contributed by atoms with Crippen LogP contribution < -0.4 is 0 Å². The fourth-order valence-electron chi connectivity index (χ4n) is 1.74. The van der Waals surface area contributed by atoms with E-state index in [4.69, 9.17) is 5.11 Å². The van der Waals surface area contributed by atoms with Gasteiger partial charge in [-0.1, -0.05) is 6.07 Å². The number of thiophene rings is 1. The number of hydrogen-bond donors (Lipinski definition) is 1. The van der Waals surface area contributed by atoms with Gasteiger partial charge < -0.3 is 10.0 Å². The van der Waals surface area contributed by atoms with Crippen LogP contribution in [-0.2, 0) is 6.54 Å². The number of carboxylic acid groups (broad SMARTS) is 1. The first-order valence-electron chi connectivity index (χ1n) is 6.14. The second kappa shape index (κ2) is 6.29. The summed E-state index contributed by atoms with van der Waals surface area (Å²) in [5, 5.41) is 8.89. The number of nitrogens with zero attached hydrogens (tertiary/aromatic N) is 2. The number of carbonyl (C=O) groups is 2. The Labute approximate surface area is 120 Å². The summed E-state index contributed by atoms with van der Waals surface area (Å²) in [6, 6.07) is 8.55. The van der Waals surface area contributed by atoms with E-state index in [1.54, 1.807) is 17.2 Å². The molecule has 0 fully saturated rings. The van der Waals surface area contributed by atoms with Gasteiger partial charge in [0.2, 0.25) is 0 Å². The molecule has 20 heavy (non-hydrogen) atoms. The summed E-state index contributed by atoms with van der Waals surface area (Å²) < 4.78 is 0. The summed E-state index contributed by atoms with van der Waals surface area (Å²) >= 11 is 0.992. The average Bonchev–Trinajstić information content (AvgIpc) is 2.95. The van der Waals surface area contributed by atoms with Crippen LogP contribution in [0, 0.1) is 0 Å². The van der Waals surface area contributed by atoms with Crippen LogP contribution in [0.15, 0.2) is 36.5 Å². The summed E-state index contributed by atoms with van der Waals surface area (Å²) in [4.78, 5) is 29.6. The zero-order valence-corrected chi connectivity index (χ0v) is 11.8. The molecule has 0 aromatic carbocycles. The molecule has 2 aromatic heterocycles. The van der Waals surface area contributed by atoms with Gasteiger partial charge in [0.25, 0.3) is 5.91 Å². The summed E-state index contributed by atoms with van der Waals surface area (Å²) in [7, 11) is 0. The lowest BCUT2D eigenvalue weighted by Gasteiger charge is -2.19. The lowest BCUT2D eigenvalue weighted by atomic mass is 10.3. The zero-order valence-electron chi connectivity index (χ0n) is 10.9. The minimum absolute atomic E-state index is 0.169. The van der Waals surface area contributed by atoms with E-state index in [2.05, 4.69) is 4.98 Å². The monoisotopic (exact) mass is 290 g/mol. The maximum atomic E-state index is 12.3. The van der Waals surface area contributed by atoms with Crippen LogP contribution in [-0.4, -0.2) is 33.4 Å². The molecule has 0 saturated heterocycles. The number of carboxylic acids is 1. The molecule has 0 aliphatic rings. The third-order valence-corrected chi connectivity index (χ3v) is 3.84. The van der Waals surface area contributed by atoms with Crippen molar-refractivity contribution in [2.24, 2.45) is 0 Å². The molecule has 0 saturated carbocycles. The molecule has 1 N–H and O–H groups in total. The van der Waals surface area contributed by atoms with Crippen molar-refractivity contribution in [1.29, 1.82) is 0 Å². The van der Waals surface area contributed by atoms with E-state index in [1.165, 1.54) is 6.07 Å². The fourth-order valence-corrected chi connectivity index (χ4v) is 2.55. The van der Waals surface area contributed by atoms with Crippen LogP contribution in [0.3, 0.4) is 0 Å². The number of hydrogen-bond acceptors (Lipinski definition) is 4. The highest BCUT2D eigenvalue weighted by Gasteiger charge is 2.18. The van der Waals surface area contributed by atoms with Crippen LogP contribution in [0.25, 0.3) is 0 Å². The average molecular weight is 290 g/mol. The molecule has 2 aromatic rings. The Morgan fingerprint density at radius 2 is 2.00 bits per heavy atom. The topological polar surface area (TPSA) is 70.5 Å². The molecule has 0 bridgehead atoms. The Hall–Kier alpha value is -2.21. The maximum Gasteiger partial charge on any atom is 0.345 e. The van der Waals surface area contributed by atoms with Crippen LogP contribution in [0.2, 0.25) is 0 Å². The molecule has 0 radical (unpaired) electrons. The highest BCUT2D eigenvalue weighted by atomic mass is 32.1. The first-order valence-corrected chi connectivity index (χ1v) is 6.95. The van der Waals surface area contributed by atoms with Gasteiger partial charge in [0.05, 0.1) is 17.1 Å². The van der Waals surface area contributed by atoms with Gasteiger partial charge in [0, 0.05) is 12.7 Å². The Morgan fingerprint density at radius 3 is 2.55 bits per heavy atom. The van der Waals surface area contributed by atoms with Crippen LogP contribution in [0.1, 0.15) is 32.0 Å². The smallest absolute Gasteiger partial charge is 0.345 e. The molecule has 1 amide bonds. The number of pyridine rings is 1. The Morgan fingerprint density at radius 1 is 1.25 bits per heavy atom. The van der Waals surface area contributed by atoms with Crippen molar-refractivity contribution >= 4 is 23.2 Å². The Balaban J connectivity index is 2.14. The second-order valence-corrected chi connectivity index (χ2v) is 5.19. The van der Waals surface area contributed by atoms with E-state index in [1.807, 2.05) is 25.1 Å². The zero-order chi connectivity index (χ0) is 14.5. The van der Waals surface area contributed by atoms with Gasteiger partial charge in [-0.15, -0.1) is 11.3 Å². The SMILES string of the molecule is CCN(Cc1ccccn1)C(=O)c1ccc(C(=O)O)s1. The predicted octanol–water partition coefficient (Wildman–Crippen LogP) is 2.50. The van der Waals surface area contributed by atoms with Crippen molar-refractivity contribution in [2.45, 2.75) is 13.5 Å². The molecule has 0 aliphatic heterocycles. The van der Waals surface area contributed by atoms with E-state index in [-0.39, 0.29) is 10.8 Å². The first kappa shape index (κ1) is 14.2. The van der Waals surface area contributed by atoms with E-state index in [0.29, 0.717) is 18.0 Å². The molecular formula is C14H14N2O3S. The molecule has 2 rings (SSSR count). The van der Waals surface area contributed by atoms with Gasteiger partial charge in [0.15, 0.2) is 0 Å². The fraction of sp³-hybridized carbons (Fsp3) is 0.214. The van der Waals surface area contributed by atoms with Gasteiger partial charge in [-0.05, 0) is 31.2 Å². The third kappa shape index (κ3) is 3.21. The van der Waals surface area contributed by atoms with Gasteiger partial charge in [-0.2, -0.15) is 0 Å². The van der Waals surface area contributed by atoms with E-state index in [0.717, 1.165) is 17.0 Å². The summed E-state index contributed by atoms with van der Waals surface area (Å²) in [6.45, 7) is 2.83. The second-order valence-electron chi connectivity index (χ2n) is 4.11. The summed E-state index contributed by atoms with van der Waals surface area (Å²) in [5.41, 5.74) is 0.803. The molecular weight excluding hydrogens is 276 g/mol. The van der Waals surface area contributed by atoms with Gasteiger partial charge in [-0.25, -0.2) is 4.79 Å². The maximum absolute atomic E-state index is 12.3. The third-order valence-electron chi connectivity index (χ3n) is 2.78. The first-order chi connectivity index (χ1) is 9.61. The number of aromatic carboxylic acids is 1. The largest absolute Gasteiger partial charge is 0.477 e. The minimum atomic E-state index is -1.01. The molecule has 0 aliphatic carbocycles. The standard InChI is InChI=1S/C14H14N2O3S/c1-2-16(9-10-5-3-4-8-15-10)13(17)11-6-7-12(20-11)14(18)19/h3-8H,2,9H2,1H3,(H,18,19). The molecule has 0 atom stereocenters. The number of carbonyl (C=O) groups excluding carboxylic acids is 1. The molecule has 0 spiro atoms. The molecule has 5 nitrogen and oxygen atoms in total. The molecule has 6 heteroatoms. The van der Waals surface area contributed by atoms with E-state index >= 15 is 0 Å². The number of rotatable bonds is 5.